The summed E-state index contributed by atoms with van der Waals surface area (Å²) in [5.74, 6) is -1.60. The number of benzene rings is 1. The van der Waals surface area contributed by atoms with E-state index in [0.717, 1.165) is 6.07 Å². The Balaban J connectivity index is 2.07. The lowest BCUT2D eigenvalue weighted by Crippen LogP contribution is -2.46. The van der Waals surface area contributed by atoms with Gasteiger partial charge in [-0.05, 0) is 25.1 Å². The van der Waals surface area contributed by atoms with Gasteiger partial charge in [0.2, 0.25) is 0 Å². The second-order valence-corrected chi connectivity index (χ2v) is 4.30. The molecule has 1 heterocycles. The molecular weight excluding hydrogens is 240 g/mol. The highest BCUT2D eigenvalue weighted by atomic mass is 19.2. The summed E-state index contributed by atoms with van der Waals surface area (Å²) >= 11 is 0. The highest BCUT2D eigenvalue weighted by molar-refractivity contribution is 5.20. The quantitative estimate of drug-likeness (QED) is 0.887. The molecule has 1 saturated heterocycles. The summed E-state index contributed by atoms with van der Waals surface area (Å²) in [4.78, 5) is 0. The van der Waals surface area contributed by atoms with Crippen LogP contribution in [0.5, 0.6) is 0 Å². The van der Waals surface area contributed by atoms with Gasteiger partial charge in [0, 0.05) is 6.04 Å². The van der Waals surface area contributed by atoms with Crippen molar-refractivity contribution in [3.8, 4) is 0 Å². The molecule has 0 aromatic heterocycles. The first-order valence-electron chi connectivity index (χ1n) is 6.02. The Bertz CT molecular complexity index is 395. The average molecular weight is 257 g/mol. The maximum atomic E-state index is 13.6. The van der Waals surface area contributed by atoms with E-state index in [9.17, 15) is 8.78 Å². The van der Waals surface area contributed by atoms with Gasteiger partial charge in [0.05, 0.1) is 25.9 Å². The zero-order valence-electron chi connectivity index (χ0n) is 10.3. The summed E-state index contributed by atoms with van der Waals surface area (Å²) in [5.41, 5.74) is 0.350. The van der Waals surface area contributed by atoms with Crippen LogP contribution in [-0.4, -0.2) is 39.0 Å². The predicted molar refractivity (Wildman–Crippen MR) is 63.5 cm³/mol. The largest absolute Gasteiger partial charge is 0.376 e. The molecule has 5 heteroatoms. The first kappa shape index (κ1) is 13.4. The Morgan fingerprint density at radius 1 is 1.39 bits per heavy atom. The van der Waals surface area contributed by atoms with Crippen LogP contribution in [0.3, 0.4) is 0 Å². The van der Waals surface area contributed by atoms with E-state index in [-0.39, 0.29) is 12.1 Å². The van der Waals surface area contributed by atoms with Crippen LogP contribution in [0.4, 0.5) is 8.78 Å². The predicted octanol–water partition coefficient (Wildman–Crippen LogP) is 1.51. The molecule has 2 rings (SSSR count). The van der Waals surface area contributed by atoms with Crippen molar-refractivity contribution in [1.82, 2.24) is 5.32 Å². The van der Waals surface area contributed by atoms with Crippen molar-refractivity contribution in [2.75, 3.05) is 26.9 Å². The Labute approximate surface area is 105 Å². The smallest absolute Gasteiger partial charge is 0.162 e. The minimum atomic E-state index is -0.817. The molecule has 1 aliphatic rings. The van der Waals surface area contributed by atoms with Crippen molar-refractivity contribution in [2.45, 2.75) is 18.6 Å². The molecule has 0 radical (unpaired) electrons. The minimum Gasteiger partial charge on any atom is -0.376 e. The molecule has 18 heavy (non-hydrogen) atoms. The molecule has 0 spiro atoms. The van der Waals surface area contributed by atoms with Crippen LogP contribution in [-0.2, 0) is 15.9 Å². The fraction of sp³-hybridized carbons (Fsp3) is 0.538. The number of rotatable bonds is 4. The Hall–Kier alpha value is -1.04. The highest BCUT2D eigenvalue weighted by Crippen LogP contribution is 2.16. The van der Waals surface area contributed by atoms with Gasteiger partial charge in [-0.15, -0.1) is 0 Å². The summed E-state index contributed by atoms with van der Waals surface area (Å²) in [7, 11) is 1.78. The fourth-order valence-electron chi connectivity index (χ4n) is 2.10. The Morgan fingerprint density at radius 3 is 2.89 bits per heavy atom. The molecule has 0 saturated carbocycles. The monoisotopic (exact) mass is 257 g/mol. The Kier molecular flexibility index (Phi) is 4.63. The zero-order chi connectivity index (χ0) is 13.0. The number of hydrogen-bond donors (Lipinski definition) is 1. The molecule has 2 atom stereocenters. The molecule has 1 aromatic carbocycles. The molecular formula is C13H17F2NO2. The normalized spacial score (nSPS) is 21.8. The summed E-state index contributed by atoms with van der Waals surface area (Å²) in [6.07, 6.45) is 0.236. The van der Waals surface area contributed by atoms with E-state index >= 15 is 0 Å². The summed E-state index contributed by atoms with van der Waals surface area (Å²) in [6.45, 7) is 1.60. The van der Waals surface area contributed by atoms with Crippen LogP contribution >= 0.6 is 0 Å². The number of nitrogens with one attached hydrogen (secondary N) is 1. The molecule has 3 nitrogen and oxygen atoms in total. The molecule has 1 aliphatic heterocycles. The van der Waals surface area contributed by atoms with Gasteiger partial charge in [0.25, 0.3) is 0 Å². The third kappa shape index (κ3) is 3.04. The van der Waals surface area contributed by atoms with Crippen molar-refractivity contribution in [3.05, 3.63) is 35.4 Å². The van der Waals surface area contributed by atoms with Gasteiger partial charge < -0.3 is 14.8 Å². The number of hydrogen-bond acceptors (Lipinski definition) is 3. The zero-order valence-corrected chi connectivity index (χ0v) is 10.3. The van der Waals surface area contributed by atoms with Crippen LogP contribution in [0.25, 0.3) is 0 Å². The van der Waals surface area contributed by atoms with E-state index < -0.39 is 11.6 Å². The van der Waals surface area contributed by atoms with Gasteiger partial charge in [-0.3, -0.25) is 0 Å². The minimum absolute atomic E-state index is 0.0957. The van der Waals surface area contributed by atoms with Gasteiger partial charge in [0.1, 0.15) is 0 Å². The van der Waals surface area contributed by atoms with Crippen molar-refractivity contribution in [1.29, 1.82) is 0 Å². The summed E-state index contributed by atoms with van der Waals surface area (Å²) < 4.78 is 37.6. The highest BCUT2D eigenvalue weighted by Gasteiger charge is 2.25. The van der Waals surface area contributed by atoms with E-state index in [4.69, 9.17) is 9.47 Å². The van der Waals surface area contributed by atoms with Crippen molar-refractivity contribution in [2.24, 2.45) is 0 Å². The standard InChI is InChI=1S/C13H17F2NO2/c1-16-11(12-8-17-5-6-18-12)7-9-3-2-4-10(14)13(9)15/h2-4,11-12,16H,5-8H2,1H3. The lowest BCUT2D eigenvalue weighted by molar-refractivity contribution is -0.100. The fourth-order valence-corrected chi connectivity index (χ4v) is 2.10. The van der Waals surface area contributed by atoms with Crippen LogP contribution in [0.2, 0.25) is 0 Å². The first-order valence-corrected chi connectivity index (χ1v) is 6.02. The molecule has 1 aromatic rings. The van der Waals surface area contributed by atoms with Crippen LogP contribution in [0.15, 0.2) is 18.2 Å². The lowest BCUT2D eigenvalue weighted by Gasteiger charge is -2.30. The molecule has 0 aliphatic carbocycles. The van der Waals surface area contributed by atoms with E-state index in [2.05, 4.69) is 5.32 Å². The second kappa shape index (κ2) is 6.22. The Morgan fingerprint density at radius 2 is 2.22 bits per heavy atom. The topological polar surface area (TPSA) is 30.5 Å². The third-order valence-electron chi connectivity index (χ3n) is 3.13. The average Bonchev–Trinajstić information content (AvgIpc) is 2.41. The van der Waals surface area contributed by atoms with Gasteiger partial charge in [-0.2, -0.15) is 0 Å². The van der Waals surface area contributed by atoms with Crippen molar-refractivity contribution in [3.63, 3.8) is 0 Å². The van der Waals surface area contributed by atoms with E-state index in [1.54, 1.807) is 13.1 Å². The molecule has 1 N–H and O–H groups in total. The maximum absolute atomic E-state index is 13.6. The summed E-state index contributed by atoms with van der Waals surface area (Å²) in [6, 6.07) is 4.13. The molecule has 0 bridgehead atoms. The van der Waals surface area contributed by atoms with Crippen LogP contribution in [0.1, 0.15) is 5.56 Å². The van der Waals surface area contributed by atoms with Crippen molar-refractivity contribution >= 4 is 0 Å². The van der Waals surface area contributed by atoms with E-state index in [1.165, 1.54) is 6.07 Å². The van der Waals surface area contributed by atoms with E-state index in [0.29, 0.717) is 31.8 Å². The van der Waals surface area contributed by atoms with Gasteiger partial charge in [-0.1, -0.05) is 12.1 Å². The first-order chi connectivity index (χ1) is 8.72. The number of ether oxygens (including phenoxy) is 2. The van der Waals surface area contributed by atoms with Gasteiger partial charge in [-0.25, -0.2) is 8.78 Å². The molecule has 2 unspecified atom stereocenters. The third-order valence-corrected chi connectivity index (χ3v) is 3.13. The van der Waals surface area contributed by atoms with Gasteiger partial charge >= 0.3 is 0 Å². The van der Waals surface area contributed by atoms with E-state index in [1.807, 2.05) is 0 Å². The van der Waals surface area contributed by atoms with Crippen molar-refractivity contribution < 1.29 is 18.3 Å². The van der Waals surface area contributed by atoms with Crippen LogP contribution < -0.4 is 5.32 Å². The summed E-state index contributed by atoms with van der Waals surface area (Å²) in [5, 5.41) is 3.07. The SMILES string of the molecule is CNC(Cc1cccc(F)c1F)C1COCCO1. The number of halogens is 2. The molecule has 100 valence electrons. The number of likely N-dealkylation sites (N-methyl/N-ethyl adjacent to an activating group) is 1. The van der Waals surface area contributed by atoms with Crippen LogP contribution in [0, 0.1) is 11.6 Å². The van der Waals surface area contributed by atoms with Gasteiger partial charge in [0.15, 0.2) is 11.6 Å². The second-order valence-electron chi connectivity index (χ2n) is 4.30. The molecule has 0 amide bonds. The lowest BCUT2D eigenvalue weighted by atomic mass is 10.0. The molecule has 1 fully saturated rings. The maximum Gasteiger partial charge on any atom is 0.162 e.